The molecule has 0 saturated carbocycles. The molecule has 4 rings (SSSR count). The molecule has 9 heteroatoms. The van der Waals surface area contributed by atoms with Gasteiger partial charge in [-0.25, -0.2) is 9.78 Å². The topological polar surface area (TPSA) is 78.8 Å². The van der Waals surface area contributed by atoms with Crippen molar-refractivity contribution >= 4 is 50.3 Å². The van der Waals surface area contributed by atoms with E-state index in [4.69, 9.17) is 16.3 Å². The number of hydrogen-bond donors (Lipinski definition) is 1. The van der Waals surface area contributed by atoms with E-state index in [1.54, 1.807) is 17.0 Å². The molecule has 0 aliphatic carbocycles. The summed E-state index contributed by atoms with van der Waals surface area (Å²) in [6.07, 6.45) is 1.68. The van der Waals surface area contributed by atoms with Gasteiger partial charge in [0, 0.05) is 37.0 Å². The van der Waals surface area contributed by atoms with Crippen LogP contribution in [0.4, 0.5) is 10.6 Å². The van der Waals surface area contributed by atoms with Gasteiger partial charge in [0.25, 0.3) is 0 Å². The van der Waals surface area contributed by atoms with Crippen molar-refractivity contribution in [2.45, 2.75) is 39.2 Å². The molecule has 1 N–H and O–H groups in total. The molecule has 29 heavy (non-hydrogen) atoms. The molecule has 0 radical (unpaired) electrons. The van der Waals surface area contributed by atoms with E-state index in [2.05, 4.69) is 30.8 Å². The van der Waals surface area contributed by atoms with E-state index in [0.717, 1.165) is 50.2 Å². The second kappa shape index (κ2) is 7.16. The number of phenolic OH excluding ortho intramolecular Hbond substituents is 1. The number of halogens is 2. The Balaban J connectivity index is 1.46. The third-order valence-corrected chi connectivity index (χ3v) is 6.35. The maximum Gasteiger partial charge on any atom is 0.410 e. The van der Waals surface area contributed by atoms with Gasteiger partial charge in [0.15, 0.2) is 0 Å². The Kier molecular flexibility index (Phi) is 5.06. The largest absolute Gasteiger partial charge is 0.507 e. The number of carbonyl (C=O) groups is 1. The molecular formula is C20H24BrClN4O3. The molecule has 2 aliphatic heterocycles. The number of aromatic nitrogens is 2. The molecule has 2 fully saturated rings. The van der Waals surface area contributed by atoms with E-state index in [-0.39, 0.29) is 22.5 Å². The lowest BCUT2D eigenvalue weighted by molar-refractivity contribution is -0.0434. The molecule has 1 aromatic heterocycles. The van der Waals surface area contributed by atoms with Crippen molar-refractivity contribution in [3.05, 3.63) is 21.9 Å². The number of benzene rings is 1. The van der Waals surface area contributed by atoms with Gasteiger partial charge in [-0.15, -0.1) is 0 Å². The second-order valence-corrected chi connectivity index (χ2v) is 10.2. The first kappa shape index (κ1) is 20.5. The minimum absolute atomic E-state index is 0.144. The van der Waals surface area contributed by atoms with Gasteiger partial charge in [0.1, 0.15) is 17.2 Å². The first-order valence-electron chi connectivity index (χ1n) is 9.64. The zero-order chi connectivity index (χ0) is 21.0. The number of hydrogen-bond acceptors (Lipinski definition) is 6. The number of nitrogens with zero attached hydrogens (tertiary/aromatic N) is 4. The Bertz CT molecular complexity index is 962. The number of likely N-dealkylation sites (tertiary alicyclic amines) is 1. The van der Waals surface area contributed by atoms with Gasteiger partial charge in [0.05, 0.1) is 9.99 Å². The Morgan fingerprint density at radius 1 is 1.24 bits per heavy atom. The van der Waals surface area contributed by atoms with Gasteiger partial charge in [-0.3, -0.25) is 0 Å². The number of amides is 1. The van der Waals surface area contributed by atoms with Crippen molar-refractivity contribution in [1.82, 2.24) is 14.9 Å². The Morgan fingerprint density at radius 2 is 1.90 bits per heavy atom. The molecule has 3 heterocycles. The lowest BCUT2D eigenvalue weighted by Gasteiger charge is -2.53. The number of ether oxygens (including phenoxy) is 1. The van der Waals surface area contributed by atoms with Crippen LogP contribution in [0, 0.1) is 5.41 Å². The second-order valence-electron chi connectivity index (χ2n) is 8.96. The maximum absolute atomic E-state index is 12.2. The molecule has 1 amide bonds. The molecule has 1 spiro atoms. The Hall–Kier alpha value is -1.80. The predicted molar refractivity (Wildman–Crippen MR) is 116 cm³/mol. The summed E-state index contributed by atoms with van der Waals surface area (Å²) in [5.74, 6) is 0.881. The lowest BCUT2D eigenvalue weighted by atomic mass is 9.72. The number of aromatic hydroxyl groups is 1. The van der Waals surface area contributed by atoms with E-state index in [1.165, 1.54) is 0 Å². The van der Waals surface area contributed by atoms with Crippen molar-refractivity contribution < 1.29 is 14.6 Å². The highest BCUT2D eigenvalue weighted by Gasteiger charge is 2.48. The zero-order valence-corrected chi connectivity index (χ0v) is 19.0. The predicted octanol–water partition coefficient (Wildman–Crippen LogP) is 4.59. The van der Waals surface area contributed by atoms with Crippen molar-refractivity contribution in [2.24, 2.45) is 5.41 Å². The van der Waals surface area contributed by atoms with Gasteiger partial charge in [0.2, 0.25) is 5.28 Å². The number of phenols is 1. The standard InChI is InChI=1S/C20H24BrClN4O3/c1-19(2,3)29-18(28)26-10-20(11-26)4-6-25(7-5-20)16-12-8-15(27)13(21)9-14(12)23-17(22)24-16/h8-9,27H,4-7,10-11H2,1-3H3. The minimum atomic E-state index is -0.475. The van der Waals surface area contributed by atoms with Crippen LogP contribution in [0.1, 0.15) is 33.6 Å². The third kappa shape index (κ3) is 4.10. The molecule has 2 aromatic rings. The Morgan fingerprint density at radius 3 is 2.52 bits per heavy atom. The summed E-state index contributed by atoms with van der Waals surface area (Å²) in [6.45, 7) is 8.72. The maximum atomic E-state index is 12.2. The van der Waals surface area contributed by atoms with Crippen LogP contribution in [0.5, 0.6) is 5.75 Å². The number of piperidine rings is 1. The van der Waals surface area contributed by atoms with Crippen LogP contribution >= 0.6 is 27.5 Å². The monoisotopic (exact) mass is 482 g/mol. The molecule has 156 valence electrons. The quantitative estimate of drug-likeness (QED) is 0.598. The van der Waals surface area contributed by atoms with Crippen molar-refractivity contribution in [3.63, 3.8) is 0 Å². The summed E-state index contributed by atoms with van der Waals surface area (Å²) < 4.78 is 6.04. The summed E-state index contributed by atoms with van der Waals surface area (Å²) in [6, 6.07) is 3.42. The molecule has 2 aliphatic rings. The number of rotatable bonds is 1. The first-order chi connectivity index (χ1) is 13.6. The third-order valence-electron chi connectivity index (χ3n) is 5.54. The van der Waals surface area contributed by atoms with Gasteiger partial charge in [-0.2, -0.15) is 4.98 Å². The fraction of sp³-hybridized carbons (Fsp3) is 0.550. The summed E-state index contributed by atoms with van der Waals surface area (Å²) in [5.41, 5.74) is 0.354. The Labute approximate surface area is 183 Å². The van der Waals surface area contributed by atoms with E-state index in [9.17, 15) is 9.90 Å². The smallest absolute Gasteiger partial charge is 0.410 e. The van der Waals surface area contributed by atoms with Crippen LogP contribution in [-0.4, -0.2) is 57.8 Å². The van der Waals surface area contributed by atoms with E-state index >= 15 is 0 Å². The van der Waals surface area contributed by atoms with Crippen LogP contribution in [0.25, 0.3) is 10.9 Å². The molecule has 1 aromatic carbocycles. The number of carbonyl (C=O) groups excluding carboxylic acids is 1. The molecule has 7 nitrogen and oxygen atoms in total. The molecule has 0 bridgehead atoms. The molecule has 0 atom stereocenters. The molecule has 2 saturated heterocycles. The summed E-state index contributed by atoms with van der Waals surface area (Å²) in [4.78, 5) is 24.9. The number of anilines is 1. The van der Waals surface area contributed by atoms with Crippen LogP contribution in [0.15, 0.2) is 16.6 Å². The lowest BCUT2D eigenvalue weighted by Crippen LogP contribution is -2.62. The summed E-state index contributed by atoms with van der Waals surface area (Å²) >= 11 is 9.47. The molecule has 0 unspecified atom stereocenters. The first-order valence-corrected chi connectivity index (χ1v) is 10.8. The fourth-order valence-corrected chi connectivity index (χ4v) is 4.57. The van der Waals surface area contributed by atoms with Gasteiger partial charge in [-0.05, 0) is 73.3 Å². The van der Waals surface area contributed by atoms with E-state index < -0.39 is 5.60 Å². The van der Waals surface area contributed by atoms with E-state index in [0.29, 0.717) is 9.99 Å². The van der Waals surface area contributed by atoms with Gasteiger partial charge in [-0.1, -0.05) is 0 Å². The summed E-state index contributed by atoms with van der Waals surface area (Å²) in [7, 11) is 0. The van der Waals surface area contributed by atoms with Crippen molar-refractivity contribution in [2.75, 3.05) is 31.1 Å². The fourth-order valence-electron chi connectivity index (χ4n) is 4.06. The van der Waals surface area contributed by atoms with Crippen LogP contribution in [-0.2, 0) is 4.74 Å². The van der Waals surface area contributed by atoms with Crippen molar-refractivity contribution in [1.29, 1.82) is 0 Å². The van der Waals surface area contributed by atoms with Crippen LogP contribution in [0.3, 0.4) is 0 Å². The highest BCUT2D eigenvalue weighted by atomic mass is 79.9. The average molecular weight is 484 g/mol. The summed E-state index contributed by atoms with van der Waals surface area (Å²) in [5, 5.41) is 11.1. The average Bonchev–Trinajstić information content (AvgIpc) is 2.59. The van der Waals surface area contributed by atoms with Crippen LogP contribution < -0.4 is 4.90 Å². The number of fused-ring (bicyclic) bond motifs is 1. The van der Waals surface area contributed by atoms with Crippen molar-refractivity contribution in [3.8, 4) is 5.75 Å². The van der Waals surface area contributed by atoms with E-state index in [1.807, 2.05) is 20.8 Å². The highest BCUT2D eigenvalue weighted by molar-refractivity contribution is 9.10. The van der Waals surface area contributed by atoms with Gasteiger partial charge >= 0.3 is 6.09 Å². The SMILES string of the molecule is CC(C)(C)OC(=O)N1CC2(CCN(c3nc(Cl)nc4cc(Br)c(O)cc34)CC2)C1. The van der Waals surface area contributed by atoms with Gasteiger partial charge < -0.3 is 19.6 Å². The normalized spacial score (nSPS) is 18.8. The minimum Gasteiger partial charge on any atom is -0.507 e. The molecular weight excluding hydrogens is 460 g/mol. The van der Waals surface area contributed by atoms with Crippen LogP contribution in [0.2, 0.25) is 5.28 Å². The zero-order valence-electron chi connectivity index (χ0n) is 16.7. The highest BCUT2D eigenvalue weighted by Crippen LogP contribution is 2.43.